The Kier molecular flexibility index (Phi) is 2.81. The zero-order valence-electron chi connectivity index (χ0n) is 17.1. The molecule has 0 saturated carbocycles. The Labute approximate surface area is 132 Å². The third-order valence-electron chi connectivity index (χ3n) is 4.67. The summed E-state index contributed by atoms with van der Waals surface area (Å²) in [6, 6.07) is -1.78. The summed E-state index contributed by atoms with van der Waals surface area (Å²) in [4.78, 5) is 14.9. The van der Waals surface area contributed by atoms with Crippen molar-refractivity contribution in [2.75, 3.05) is 13.7 Å². The largest absolute Gasteiger partial charge is 0.462 e. The van der Waals surface area contributed by atoms with Crippen molar-refractivity contribution in [3.8, 4) is 0 Å². The highest BCUT2D eigenvalue weighted by Gasteiger charge is 2.40. The van der Waals surface area contributed by atoms with Crippen molar-refractivity contribution in [2.45, 2.75) is 49.8 Å². The molecule has 1 N–H and O–H groups in total. The number of ether oxygens (including phenoxy) is 1. The minimum atomic E-state index is -1.29. The predicted octanol–water partition coefficient (Wildman–Crippen LogP) is 1.93. The van der Waals surface area contributed by atoms with Crippen LogP contribution in [0.25, 0.3) is 0 Å². The van der Waals surface area contributed by atoms with Crippen molar-refractivity contribution in [1.82, 2.24) is 4.90 Å². The van der Waals surface area contributed by atoms with Gasteiger partial charge in [0.25, 0.3) is 0 Å². The lowest BCUT2D eigenvalue weighted by atomic mass is 9.98. The van der Waals surface area contributed by atoms with Gasteiger partial charge in [-0.3, -0.25) is 4.79 Å². The van der Waals surface area contributed by atoms with E-state index >= 15 is 0 Å². The second-order valence-electron chi connectivity index (χ2n) is 5.85. The molecule has 0 amide bonds. The third-order valence-corrected chi connectivity index (χ3v) is 4.67. The number of benzene rings is 1. The van der Waals surface area contributed by atoms with E-state index in [1.165, 1.54) is 0 Å². The summed E-state index contributed by atoms with van der Waals surface area (Å²) in [5.41, 5.74) is -0.209. The van der Waals surface area contributed by atoms with E-state index in [4.69, 9.17) is 11.6 Å². The lowest BCUT2D eigenvalue weighted by Gasteiger charge is -2.36. The van der Waals surface area contributed by atoms with Gasteiger partial charge in [0, 0.05) is 12.1 Å². The van der Waals surface area contributed by atoms with Crippen LogP contribution in [0.15, 0.2) is 30.2 Å². The van der Waals surface area contributed by atoms with Gasteiger partial charge in [-0.05, 0) is 38.3 Å². The van der Waals surface area contributed by atoms with Crippen LogP contribution < -0.4 is 0 Å². The average molecular weight is 294 g/mol. The maximum absolute atomic E-state index is 12.6. The van der Waals surface area contributed by atoms with Gasteiger partial charge in [0.1, 0.15) is 12.0 Å². The highest BCUT2D eigenvalue weighted by molar-refractivity contribution is 5.78. The van der Waals surface area contributed by atoms with Crippen molar-refractivity contribution in [3.63, 3.8) is 0 Å². The first-order valence-electron chi connectivity index (χ1n) is 9.86. The Morgan fingerprint density at radius 2 is 2.00 bits per heavy atom. The van der Waals surface area contributed by atoms with Crippen molar-refractivity contribution in [1.29, 1.82) is 0 Å². The van der Waals surface area contributed by atoms with E-state index in [0.717, 1.165) is 25.7 Å². The van der Waals surface area contributed by atoms with Gasteiger partial charge < -0.3 is 14.7 Å². The summed E-state index contributed by atoms with van der Waals surface area (Å²) < 4.78 is 44.7. The van der Waals surface area contributed by atoms with E-state index in [2.05, 4.69) is 11.9 Å². The number of carbonyl (C=O) groups is 1. The van der Waals surface area contributed by atoms with Crippen molar-refractivity contribution < 1.29 is 21.5 Å². The standard InChI is InChI=1S/C17H23NO3/c1-18-13-7-8-14(18)10-15(9-13)21-17(20)16(11-19)12-5-3-2-4-6-12/h2-6,13-16,19H,7-11H2,1H3/t13-,14+,15?,16?/i2D,3D,4D,5D,6D. The molecule has 0 aliphatic carbocycles. The van der Waals surface area contributed by atoms with Gasteiger partial charge in [-0.1, -0.05) is 30.2 Å². The Morgan fingerprint density at radius 3 is 2.57 bits per heavy atom. The molecule has 2 heterocycles. The van der Waals surface area contributed by atoms with E-state index < -0.39 is 48.7 Å². The SMILES string of the molecule is [2H]c1c([2H])c([2H])c(C(CO)C(=O)OC2C[C@H]3CC[C@@H](C2)N3C)c([2H])c1[2H]. The zero-order chi connectivity index (χ0) is 19.2. The fourth-order valence-electron chi connectivity index (χ4n) is 3.42. The van der Waals surface area contributed by atoms with Gasteiger partial charge in [0.2, 0.25) is 0 Å². The van der Waals surface area contributed by atoms with Gasteiger partial charge in [-0.25, -0.2) is 0 Å². The lowest BCUT2D eigenvalue weighted by Crippen LogP contribution is -2.43. The van der Waals surface area contributed by atoms with Crippen LogP contribution >= 0.6 is 0 Å². The Morgan fingerprint density at radius 1 is 1.38 bits per heavy atom. The first kappa shape index (κ1) is 9.59. The van der Waals surface area contributed by atoms with Crippen LogP contribution in [0.2, 0.25) is 0 Å². The molecule has 4 atom stereocenters. The van der Waals surface area contributed by atoms with Crippen LogP contribution in [-0.4, -0.2) is 47.8 Å². The van der Waals surface area contributed by atoms with Gasteiger partial charge in [0.05, 0.1) is 13.5 Å². The molecule has 2 saturated heterocycles. The minimum absolute atomic E-state index is 0.209. The van der Waals surface area contributed by atoms with Crippen LogP contribution in [0.5, 0.6) is 0 Å². The van der Waals surface area contributed by atoms with Crippen molar-refractivity contribution in [2.24, 2.45) is 0 Å². The van der Waals surface area contributed by atoms with Crippen LogP contribution in [0, 0.1) is 0 Å². The Hall–Kier alpha value is -1.39. The number of rotatable bonds is 4. The average Bonchev–Trinajstić information content (AvgIpc) is 2.83. The van der Waals surface area contributed by atoms with Gasteiger partial charge >= 0.3 is 5.97 Å². The van der Waals surface area contributed by atoms with E-state index in [-0.39, 0.29) is 11.7 Å². The molecule has 0 spiro atoms. The fraction of sp³-hybridized carbons (Fsp3) is 0.588. The molecule has 1 aromatic rings. The Balaban J connectivity index is 1.83. The van der Waals surface area contributed by atoms with E-state index in [1.807, 2.05) is 0 Å². The van der Waals surface area contributed by atoms with Crippen LogP contribution in [0.4, 0.5) is 0 Å². The summed E-state index contributed by atoms with van der Waals surface area (Å²) in [6.45, 7) is -0.674. The summed E-state index contributed by atoms with van der Waals surface area (Å²) in [6.07, 6.45) is 3.31. The molecular formula is C17H23NO3. The quantitative estimate of drug-likeness (QED) is 0.862. The maximum Gasteiger partial charge on any atom is 0.316 e. The van der Waals surface area contributed by atoms with E-state index in [0.29, 0.717) is 12.1 Å². The molecule has 2 unspecified atom stereocenters. The number of carbonyl (C=O) groups excluding carboxylic acids is 1. The number of hydrogen-bond donors (Lipinski definition) is 1. The van der Waals surface area contributed by atoms with Crippen LogP contribution in [-0.2, 0) is 9.53 Å². The molecule has 2 aliphatic heterocycles. The second kappa shape index (κ2) is 6.16. The molecule has 4 nitrogen and oxygen atoms in total. The summed E-state index contributed by atoms with van der Waals surface area (Å²) in [5.74, 6) is -2.03. The third kappa shape index (κ3) is 2.97. The summed E-state index contributed by atoms with van der Waals surface area (Å²) in [5, 5.41) is 9.69. The van der Waals surface area contributed by atoms with E-state index in [1.54, 1.807) is 0 Å². The molecule has 2 aliphatic rings. The number of piperidine rings is 1. The molecular weight excluding hydrogens is 266 g/mol. The number of nitrogens with zero attached hydrogens (tertiary/aromatic N) is 1. The van der Waals surface area contributed by atoms with Crippen molar-refractivity contribution >= 4 is 5.97 Å². The molecule has 21 heavy (non-hydrogen) atoms. The number of esters is 1. The van der Waals surface area contributed by atoms with Crippen LogP contribution in [0.3, 0.4) is 0 Å². The van der Waals surface area contributed by atoms with Gasteiger partial charge in [0.15, 0.2) is 0 Å². The summed E-state index contributed by atoms with van der Waals surface area (Å²) >= 11 is 0. The number of aliphatic hydroxyl groups excluding tert-OH is 1. The minimum Gasteiger partial charge on any atom is -0.462 e. The molecule has 1 aromatic carbocycles. The van der Waals surface area contributed by atoms with Gasteiger partial charge in [-0.2, -0.15) is 0 Å². The normalized spacial score (nSPS) is 33.4. The molecule has 4 heteroatoms. The topological polar surface area (TPSA) is 49.8 Å². The molecule has 0 aromatic heterocycles. The number of aliphatic hydroxyl groups is 1. The Bertz CT molecular complexity index is 686. The molecule has 2 fully saturated rings. The highest BCUT2D eigenvalue weighted by atomic mass is 16.5. The first-order chi connectivity index (χ1) is 12.3. The van der Waals surface area contributed by atoms with Crippen LogP contribution in [0.1, 0.15) is 44.0 Å². The highest BCUT2D eigenvalue weighted by Crippen LogP contribution is 2.36. The molecule has 2 bridgehead atoms. The zero-order valence-corrected chi connectivity index (χ0v) is 12.1. The summed E-state index contributed by atoms with van der Waals surface area (Å²) in [7, 11) is 2.07. The predicted molar refractivity (Wildman–Crippen MR) is 80.0 cm³/mol. The maximum atomic E-state index is 12.6. The lowest BCUT2D eigenvalue weighted by molar-refractivity contribution is -0.155. The first-order valence-corrected chi connectivity index (χ1v) is 7.36. The fourth-order valence-corrected chi connectivity index (χ4v) is 3.42. The molecule has 3 rings (SSSR count). The number of hydrogen-bond acceptors (Lipinski definition) is 4. The van der Waals surface area contributed by atoms with E-state index in [9.17, 15) is 9.90 Å². The molecule has 114 valence electrons. The van der Waals surface area contributed by atoms with Crippen molar-refractivity contribution in [3.05, 3.63) is 35.8 Å². The smallest absolute Gasteiger partial charge is 0.316 e. The second-order valence-corrected chi connectivity index (χ2v) is 5.85. The monoisotopic (exact) mass is 294 g/mol. The van der Waals surface area contributed by atoms with Gasteiger partial charge in [-0.15, -0.1) is 0 Å². The molecule has 0 radical (unpaired) electrons. The number of fused-ring (bicyclic) bond motifs is 2.